The normalized spacial score (nSPS) is 11.5. The fraction of sp³-hybridized carbons (Fsp3) is 0.111. The number of hydrazone groups is 1. The summed E-state index contributed by atoms with van der Waals surface area (Å²) in [6.07, 6.45) is 2.96. The van der Waals surface area contributed by atoms with Gasteiger partial charge in [-0.3, -0.25) is 4.99 Å². The Kier molecular flexibility index (Phi) is 3.46. The van der Waals surface area contributed by atoms with Crippen LogP contribution in [0.15, 0.2) is 28.3 Å². The zero-order valence-electron chi connectivity index (χ0n) is 7.24. The molecule has 68 valence electrons. The average molecular weight is 196 g/mol. The van der Waals surface area contributed by atoms with E-state index >= 15 is 0 Å². The molecule has 0 radical (unpaired) electrons. The maximum atomic E-state index is 5.78. The summed E-state index contributed by atoms with van der Waals surface area (Å²) in [5.74, 6) is 4.91. The van der Waals surface area contributed by atoms with Gasteiger partial charge in [-0.2, -0.15) is 5.10 Å². The third-order valence-corrected chi connectivity index (χ3v) is 1.76. The number of hydrogen-bond acceptors (Lipinski definition) is 3. The van der Waals surface area contributed by atoms with Crippen molar-refractivity contribution in [2.45, 2.75) is 6.92 Å². The standard InChI is InChI=1S/C9H10ClN3/c1-7-6-8(10)2-3-9(7)12-4-5-13-11/h2-6H,11H2,1H3/b12-4-,13-5-. The quantitative estimate of drug-likeness (QED) is 0.440. The molecule has 0 spiro atoms. The molecule has 4 heteroatoms. The molecule has 0 fully saturated rings. The van der Waals surface area contributed by atoms with Gasteiger partial charge in [0.05, 0.1) is 11.9 Å². The molecule has 13 heavy (non-hydrogen) atoms. The number of nitrogens with two attached hydrogens (primary N) is 1. The van der Waals surface area contributed by atoms with Gasteiger partial charge >= 0.3 is 0 Å². The van der Waals surface area contributed by atoms with Crippen LogP contribution in [0.4, 0.5) is 5.69 Å². The Morgan fingerprint density at radius 2 is 2.15 bits per heavy atom. The first kappa shape index (κ1) is 9.74. The SMILES string of the molecule is Cc1cc(Cl)ccc1/N=C\C=N/N. The van der Waals surface area contributed by atoms with Crippen LogP contribution in [0, 0.1) is 6.92 Å². The second-order valence-electron chi connectivity index (χ2n) is 2.51. The van der Waals surface area contributed by atoms with Crippen molar-refractivity contribution < 1.29 is 0 Å². The van der Waals surface area contributed by atoms with Gasteiger partial charge in [-0.15, -0.1) is 0 Å². The molecule has 0 aliphatic rings. The lowest BCUT2D eigenvalue weighted by Gasteiger charge is -1.98. The molecule has 0 aliphatic carbocycles. The monoisotopic (exact) mass is 195 g/mol. The Hall–Kier alpha value is -1.35. The molecule has 0 bridgehead atoms. The van der Waals surface area contributed by atoms with Crippen molar-refractivity contribution >= 4 is 29.7 Å². The van der Waals surface area contributed by atoms with Gasteiger partial charge in [-0.25, -0.2) is 0 Å². The molecule has 0 aromatic heterocycles. The molecular formula is C9H10ClN3. The van der Waals surface area contributed by atoms with E-state index in [9.17, 15) is 0 Å². The van der Waals surface area contributed by atoms with Crippen LogP contribution in [0.25, 0.3) is 0 Å². The minimum atomic E-state index is 0.712. The van der Waals surface area contributed by atoms with E-state index in [-0.39, 0.29) is 0 Å². The number of rotatable bonds is 2. The number of benzene rings is 1. The number of halogens is 1. The van der Waals surface area contributed by atoms with Gasteiger partial charge in [-0.05, 0) is 30.7 Å². The first-order valence-corrected chi connectivity index (χ1v) is 4.14. The highest BCUT2D eigenvalue weighted by Crippen LogP contribution is 2.21. The molecule has 1 aromatic carbocycles. The van der Waals surface area contributed by atoms with Crippen LogP contribution in [0.2, 0.25) is 5.02 Å². The van der Waals surface area contributed by atoms with Gasteiger partial charge in [0, 0.05) is 11.2 Å². The van der Waals surface area contributed by atoms with E-state index in [0.29, 0.717) is 5.02 Å². The van der Waals surface area contributed by atoms with Crippen LogP contribution < -0.4 is 5.84 Å². The second-order valence-corrected chi connectivity index (χ2v) is 2.94. The highest BCUT2D eigenvalue weighted by molar-refractivity contribution is 6.30. The fourth-order valence-electron chi connectivity index (χ4n) is 0.916. The third kappa shape index (κ3) is 2.87. The predicted octanol–water partition coefficient (Wildman–Crippen LogP) is 2.30. The topological polar surface area (TPSA) is 50.7 Å². The van der Waals surface area contributed by atoms with Gasteiger partial charge < -0.3 is 5.84 Å². The van der Waals surface area contributed by atoms with Crippen LogP contribution in [0.5, 0.6) is 0 Å². The summed E-state index contributed by atoms with van der Waals surface area (Å²) < 4.78 is 0. The summed E-state index contributed by atoms with van der Waals surface area (Å²) >= 11 is 5.78. The molecule has 1 aromatic rings. The van der Waals surface area contributed by atoms with E-state index in [1.165, 1.54) is 12.4 Å². The van der Waals surface area contributed by atoms with Crippen molar-refractivity contribution in [3.05, 3.63) is 28.8 Å². The molecule has 0 amide bonds. The van der Waals surface area contributed by atoms with Crippen LogP contribution in [0.1, 0.15) is 5.56 Å². The van der Waals surface area contributed by atoms with Crippen LogP contribution in [0.3, 0.4) is 0 Å². The van der Waals surface area contributed by atoms with Gasteiger partial charge in [0.2, 0.25) is 0 Å². The van der Waals surface area contributed by atoms with E-state index in [2.05, 4.69) is 10.1 Å². The van der Waals surface area contributed by atoms with Crippen LogP contribution in [-0.2, 0) is 0 Å². The largest absolute Gasteiger partial charge is 0.323 e. The van der Waals surface area contributed by atoms with E-state index in [1.54, 1.807) is 6.07 Å². The van der Waals surface area contributed by atoms with Gasteiger partial charge in [0.15, 0.2) is 0 Å². The highest BCUT2D eigenvalue weighted by Gasteiger charge is 1.94. The number of aliphatic imine (C=N–C) groups is 1. The molecular weight excluding hydrogens is 186 g/mol. The van der Waals surface area contributed by atoms with Crippen molar-refractivity contribution in [3.8, 4) is 0 Å². The molecule has 0 atom stereocenters. The van der Waals surface area contributed by atoms with Crippen molar-refractivity contribution in [2.24, 2.45) is 15.9 Å². The molecule has 0 unspecified atom stereocenters. The lowest BCUT2D eigenvalue weighted by atomic mass is 10.2. The highest BCUT2D eigenvalue weighted by atomic mass is 35.5. The summed E-state index contributed by atoms with van der Waals surface area (Å²) in [7, 11) is 0. The lowest BCUT2D eigenvalue weighted by molar-refractivity contribution is 1.27. The Bertz CT molecular complexity index is 345. The maximum absolute atomic E-state index is 5.78. The molecule has 0 aliphatic heterocycles. The first-order valence-electron chi connectivity index (χ1n) is 3.76. The van der Waals surface area contributed by atoms with Gasteiger partial charge in [0.1, 0.15) is 0 Å². The summed E-state index contributed by atoms with van der Waals surface area (Å²) in [5, 5.41) is 4.01. The summed E-state index contributed by atoms with van der Waals surface area (Å²) in [4.78, 5) is 4.12. The zero-order chi connectivity index (χ0) is 9.68. The van der Waals surface area contributed by atoms with Crippen molar-refractivity contribution in [3.63, 3.8) is 0 Å². The van der Waals surface area contributed by atoms with E-state index < -0.39 is 0 Å². The van der Waals surface area contributed by atoms with Gasteiger partial charge in [-0.1, -0.05) is 11.6 Å². The van der Waals surface area contributed by atoms with Crippen LogP contribution in [-0.4, -0.2) is 12.4 Å². The first-order chi connectivity index (χ1) is 6.24. The minimum Gasteiger partial charge on any atom is -0.323 e. The summed E-state index contributed by atoms with van der Waals surface area (Å²) in [6, 6.07) is 5.49. The molecule has 3 nitrogen and oxygen atoms in total. The average Bonchev–Trinajstić information content (AvgIpc) is 2.09. The molecule has 0 heterocycles. The second kappa shape index (κ2) is 4.62. The Balaban J connectivity index is 2.89. The Morgan fingerprint density at radius 1 is 1.38 bits per heavy atom. The summed E-state index contributed by atoms with van der Waals surface area (Å²) in [5.41, 5.74) is 1.89. The molecule has 0 saturated carbocycles. The Morgan fingerprint density at radius 3 is 2.77 bits per heavy atom. The lowest BCUT2D eigenvalue weighted by Crippen LogP contribution is -1.83. The maximum Gasteiger partial charge on any atom is 0.0660 e. The number of nitrogens with zero attached hydrogens (tertiary/aromatic N) is 2. The summed E-state index contributed by atoms with van der Waals surface area (Å²) in [6.45, 7) is 1.94. The Labute approximate surface area is 81.9 Å². The van der Waals surface area contributed by atoms with Gasteiger partial charge in [0.25, 0.3) is 0 Å². The third-order valence-electron chi connectivity index (χ3n) is 1.53. The van der Waals surface area contributed by atoms with E-state index in [0.717, 1.165) is 11.3 Å². The zero-order valence-corrected chi connectivity index (χ0v) is 7.99. The molecule has 2 N–H and O–H groups in total. The van der Waals surface area contributed by atoms with E-state index in [1.807, 2.05) is 19.1 Å². The molecule has 0 saturated heterocycles. The molecule has 1 rings (SSSR count). The fourth-order valence-corrected chi connectivity index (χ4v) is 1.14. The minimum absolute atomic E-state index is 0.712. The van der Waals surface area contributed by atoms with Crippen molar-refractivity contribution in [2.75, 3.05) is 0 Å². The number of hydrogen-bond donors (Lipinski definition) is 1. The predicted molar refractivity (Wildman–Crippen MR) is 57.0 cm³/mol. The van der Waals surface area contributed by atoms with Crippen LogP contribution >= 0.6 is 11.6 Å². The van der Waals surface area contributed by atoms with Crippen molar-refractivity contribution in [1.82, 2.24) is 0 Å². The van der Waals surface area contributed by atoms with Crippen molar-refractivity contribution in [1.29, 1.82) is 0 Å². The van der Waals surface area contributed by atoms with E-state index in [4.69, 9.17) is 17.4 Å². The smallest absolute Gasteiger partial charge is 0.0660 e. The number of aryl methyl sites for hydroxylation is 1.